The zero-order valence-electron chi connectivity index (χ0n) is 18.2. The predicted octanol–water partition coefficient (Wildman–Crippen LogP) is 3.24. The molecule has 1 fully saturated rings. The van der Waals surface area contributed by atoms with Gasteiger partial charge in [0, 0.05) is 18.7 Å². The molecule has 1 aliphatic carbocycles. The largest absolute Gasteiger partial charge is 0.491 e. The van der Waals surface area contributed by atoms with Crippen LogP contribution in [0.5, 0.6) is 5.75 Å². The first kappa shape index (κ1) is 19.7. The number of aryl methyl sites for hydroxylation is 1. The van der Waals surface area contributed by atoms with Crippen molar-refractivity contribution >= 4 is 11.6 Å². The highest BCUT2D eigenvalue weighted by Gasteiger charge is 2.48. The molecule has 0 spiro atoms. The van der Waals surface area contributed by atoms with E-state index in [4.69, 9.17) is 4.74 Å². The lowest BCUT2D eigenvalue weighted by atomic mass is 9.59. The van der Waals surface area contributed by atoms with Gasteiger partial charge < -0.3 is 14.6 Å². The van der Waals surface area contributed by atoms with Crippen molar-refractivity contribution in [1.29, 1.82) is 0 Å². The van der Waals surface area contributed by atoms with Crippen LogP contribution in [0.4, 0.5) is 5.69 Å². The van der Waals surface area contributed by atoms with Crippen LogP contribution in [0, 0.1) is 5.92 Å². The summed E-state index contributed by atoms with van der Waals surface area (Å²) in [5, 5.41) is 11.4. The molecule has 8 heteroatoms. The maximum Gasteiger partial charge on any atom is 0.274 e. The topological polar surface area (TPSA) is 94.8 Å². The van der Waals surface area contributed by atoms with Crippen LogP contribution < -0.4 is 10.1 Å². The number of amides is 1. The van der Waals surface area contributed by atoms with Crippen molar-refractivity contribution in [2.24, 2.45) is 13.0 Å². The number of pyridine rings is 2. The van der Waals surface area contributed by atoms with Gasteiger partial charge in [0.25, 0.3) is 5.91 Å². The number of ether oxygens (including phenoxy) is 1. The maximum atomic E-state index is 12.9. The minimum absolute atomic E-state index is 0.212. The molecule has 160 valence electrons. The van der Waals surface area contributed by atoms with Crippen LogP contribution in [-0.2, 0) is 17.9 Å². The number of carbonyl (C=O) groups excluding carboxylic acids is 1. The second-order valence-electron chi connectivity index (χ2n) is 9.49. The fourth-order valence-corrected chi connectivity index (χ4v) is 4.86. The molecule has 0 unspecified atom stereocenters. The lowest BCUT2D eigenvalue weighted by Crippen LogP contribution is -2.43. The second kappa shape index (κ2) is 6.87. The van der Waals surface area contributed by atoms with Crippen molar-refractivity contribution in [1.82, 2.24) is 24.7 Å². The Morgan fingerprint density at radius 3 is 2.77 bits per heavy atom. The molecule has 1 N–H and O–H groups in total. The Balaban J connectivity index is 1.43. The number of hydrogen-bond acceptors (Lipinski definition) is 6. The molecule has 3 aromatic rings. The summed E-state index contributed by atoms with van der Waals surface area (Å²) >= 11 is 0. The molecule has 0 atom stereocenters. The number of nitrogens with one attached hydrogen (secondary N) is 1. The van der Waals surface area contributed by atoms with Crippen LogP contribution in [0.25, 0.3) is 0 Å². The van der Waals surface area contributed by atoms with Crippen LogP contribution in [0.15, 0.2) is 36.9 Å². The smallest absolute Gasteiger partial charge is 0.274 e. The second-order valence-corrected chi connectivity index (χ2v) is 9.49. The van der Waals surface area contributed by atoms with Gasteiger partial charge in [0.2, 0.25) is 0 Å². The van der Waals surface area contributed by atoms with Gasteiger partial charge in [-0.15, -0.1) is 10.2 Å². The zero-order valence-corrected chi connectivity index (χ0v) is 18.2. The molecule has 0 saturated heterocycles. The summed E-state index contributed by atoms with van der Waals surface area (Å²) in [6, 6.07) is 5.51. The third kappa shape index (κ3) is 3.17. The number of anilines is 1. The molecule has 8 nitrogen and oxygen atoms in total. The van der Waals surface area contributed by atoms with Gasteiger partial charge in [0.15, 0.2) is 0 Å². The molecular formula is C23H26N6O2. The zero-order chi connectivity index (χ0) is 21.8. The monoisotopic (exact) mass is 418 g/mol. The van der Waals surface area contributed by atoms with E-state index >= 15 is 0 Å². The average molecular weight is 419 g/mol. The summed E-state index contributed by atoms with van der Waals surface area (Å²) in [6.07, 6.45) is 7.20. The first-order valence-electron chi connectivity index (χ1n) is 10.5. The molecule has 5 rings (SSSR count). The van der Waals surface area contributed by atoms with E-state index in [1.165, 1.54) is 0 Å². The molecule has 1 saturated carbocycles. The molecule has 0 radical (unpaired) electrons. The van der Waals surface area contributed by atoms with E-state index < -0.39 is 0 Å². The van der Waals surface area contributed by atoms with E-state index in [0.29, 0.717) is 23.9 Å². The standard InChI is InChI=1S/C23H26N6O2/c1-14-8-23(9-14,21-28-25-13-29(21)4)15-7-16(11-24-10-15)26-20(30)17-5-6-18-19(27-17)22(2,3)12-31-18/h5-7,10-11,13-14H,8-9,12H2,1-4H3,(H,26,30). The number of carbonyl (C=O) groups is 1. The number of rotatable bonds is 4. The molecule has 4 heterocycles. The van der Waals surface area contributed by atoms with E-state index in [-0.39, 0.29) is 16.7 Å². The first-order chi connectivity index (χ1) is 14.8. The Labute approximate surface area is 181 Å². The summed E-state index contributed by atoms with van der Waals surface area (Å²) in [5.41, 5.74) is 2.42. The molecule has 1 amide bonds. The molecule has 3 aromatic heterocycles. The van der Waals surface area contributed by atoms with E-state index in [2.05, 4.69) is 46.3 Å². The third-order valence-corrected chi connectivity index (χ3v) is 6.40. The highest BCUT2D eigenvalue weighted by molar-refractivity contribution is 6.03. The van der Waals surface area contributed by atoms with E-state index in [9.17, 15) is 4.79 Å². The summed E-state index contributed by atoms with van der Waals surface area (Å²) in [6.45, 7) is 6.92. The minimum atomic E-state index is -0.265. The van der Waals surface area contributed by atoms with E-state index in [1.807, 2.05) is 29.9 Å². The van der Waals surface area contributed by atoms with Gasteiger partial charge >= 0.3 is 0 Å². The number of nitrogens with zero attached hydrogens (tertiary/aromatic N) is 5. The van der Waals surface area contributed by atoms with Gasteiger partial charge in [-0.05, 0) is 42.5 Å². The Morgan fingerprint density at radius 2 is 2.06 bits per heavy atom. The summed E-state index contributed by atoms with van der Waals surface area (Å²) in [7, 11) is 1.96. The van der Waals surface area contributed by atoms with Crippen molar-refractivity contribution in [3.8, 4) is 5.75 Å². The highest BCUT2D eigenvalue weighted by Crippen LogP contribution is 2.51. The Kier molecular flexibility index (Phi) is 4.35. The van der Waals surface area contributed by atoms with Crippen molar-refractivity contribution in [2.45, 2.75) is 44.4 Å². The first-order valence-corrected chi connectivity index (χ1v) is 10.5. The number of fused-ring (bicyclic) bond motifs is 1. The van der Waals surface area contributed by atoms with Gasteiger partial charge in [-0.2, -0.15) is 0 Å². The third-order valence-electron chi connectivity index (χ3n) is 6.40. The SMILES string of the molecule is CC1CC(c2cncc(NC(=O)c3ccc4c(n3)C(C)(C)CO4)c2)(c2nncn2C)C1. The van der Waals surface area contributed by atoms with Gasteiger partial charge in [-0.1, -0.05) is 20.8 Å². The fraction of sp³-hybridized carbons (Fsp3) is 0.435. The van der Waals surface area contributed by atoms with Crippen LogP contribution in [0.1, 0.15) is 61.2 Å². The number of hydrogen-bond donors (Lipinski definition) is 1. The number of aromatic nitrogens is 5. The molecule has 0 bridgehead atoms. The Hall–Kier alpha value is -3.29. The van der Waals surface area contributed by atoms with Gasteiger partial charge in [0.1, 0.15) is 23.6 Å². The highest BCUT2D eigenvalue weighted by atomic mass is 16.5. The fourth-order valence-electron chi connectivity index (χ4n) is 4.86. The van der Waals surface area contributed by atoms with Gasteiger partial charge in [-0.3, -0.25) is 9.78 Å². The molecular weight excluding hydrogens is 392 g/mol. The maximum absolute atomic E-state index is 12.9. The van der Waals surface area contributed by atoms with E-state index in [0.717, 1.165) is 35.7 Å². The average Bonchev–Trinajstić information content (AvgIpc) is 3.28. The van der Waals surface area contributed by atoms with Crippen LogP contribution in [-0.4, -0.2) is 37.2 Å². The Morgan fingerprint density at radius 1 is 1.26 bits per heavy atom. The van der Waals surface area contributed by atoms with Gasteiger partial charge in [0.05, 0.1) is 29.6 Å². The van der Waals surface area contributed by atoms with Crippen molar-refractivity contribution in [2.75, 3.05) is 11.9 Å². The molecule has 1 aliphatic heterocycles. The van der Waals surface area contributed by atoms with Crippen molar-refractivity contribution < 1.29 is 9.53 Å². The summed E-state index contributed by atoms with van der Waals surface area (Å²) in [4.78, 5) is 21.9. The predicted molar refractivity (Wildman–Crippen MR) is 115 cm³/mol. The normalized spacial score (nSPS) is 23.5. The molecule has 0 aromatic carbocycles. The summed E-state index contributed by atoms with van der Waals surface area (Å²) < 4.78 is 7.64. The lowest BCUT2D eigenvalue weighted by molar-refractivity contribution is 0.102. The van der Waals surface area contributed by atoms with Crippen LogP contribution in [0.2, 0.25) is 0 Å². The van der Waals surface area contributed by atoms with E-state index in [1.54, 1.807) is 18.6 Å². The lowest BCUT2D eigenvalue weighted by Gasteiger charge is -2.45. The van der Waals surface area contributed by atoms with Crippen LogP contribution in [0.3, 0.4) is 0 Å². The minimum Gasteiger partial charge on any atom is -0.491 e. The molecule has 31 heavy (non-hydrogen) atoms. The summed E-state index contributed by atoms with van der Waals surface area (Å²) in [5.74, 6) is 2.00. The van der Waals surface area contributed by atoms with Crippen molar-refractivity contribution in [3.05, 3.63) is 59.7 Å². The quantitative estimate of drug-likeness (QED) is 0.699. The van der Waals surface area contributed by atoms with Crippen molar-refractivity contribution in [3.63, 3.8) is 0 Å². The van der Waals surface area contributed by atoms with Crippen LogP contribution >= 0.6 is 0 Å². The Bertz CT molecular complexity index is 1160. The molecule has 2 aliphatic rings. The van der Waals surface area contributed by atoms with Gasteiger partial charge in [-0.25, -0.2) is 4.98 Å².